The molecule has 1 unspecified atom stereocenters. The number of nitrogens with zero attached hydrogens (tertiary/aromatic N) is 1. The Hall–Kier alpha value is -3.84. The van der Waals surface area contributed by atoms with Crippen molar-refractivity contribution in [2.45, 2.75) is 89.6 Å². The predicted octanol–water partition coefficient (Wildman–Crippen LogP) is 5.25. The lowest BCUT2D eigenvalue weighted by atomic mass is 10.0. The maximum atomic E-state index is 12.7. The summed E-state index contributed by atoms with van der Waals surface area (Å²) in [6.45, 7) is 5.30. The van der Waals surface area contributed by atoms with E-state index in [9.17, 15) is 19.2 Å². The largest absolute Gasteiger partial charge is 0.494 e. The number of carbonyl (C=O) groups is 4. The van der Waals surface area contributed by atoms with Crippen LogP contribution in [0.5, 0.6) is 11.5 Å². The Labute approximate surface area is 301 Å². The molecule has 51 heavy (non-hydrogen) atoms. The van der Waals surface area contributed by atoms with Crippen LogP contribution < -0.4 is 20.1 Å². The van der Waals surface area contributed by atoms with Gasteiger partial charge in [0.05, 0.1) is 45.7 Å². The van der Waals surface area contributed by atoms with Crippen LogP contribution in [0.3, 0.4) is 0 Å². The summed E-state index contributed by atoms with van der Waals surface area (Å²) >= 11 is 0. The Morgan fingerprint density at radius 1 is 0.902 bits per heavy atom. The first-order chi connectivity index (χ1) is 24.9. The molecule has 3 amide bonds. The van der Waals surface area contributed by atoms with E-state index in [4.69, 9.17) is 23.7 Å². The van der Waals surface area contributed by atoms with Crippen molar-refractivity contribution in [3.63, 3.8) is 0 Å². The van der Waals surface area contributed by atoms with E-state index >= 15 is 0 Å². The summed E-state index contributed by atoms with van der Waals surface area (Å²) in [5.41, 5.74) is 2.88. The molecule has 1 atom stereocenters. The smallest absolute Gasteiger partial charge is 0.243 e. The van der Waals surface area contributed by atoms with Gasteiger partial charge in [0.1, 0.15) is 17.8 Å². The lowest BCUT2D eigenvalue weighted by molar-refractivity contribution is -0.137. The van der Waals surface area contributed by atoms with Crippen LogP contribution in [-0.4, -0.2) is 94.9 Å². The zero-order chi connectivity index (χ0) is 36.1. The molecule has 4 rings (SSSR count). The lowest BCUT2D eigenvalue weighted by Crippen LogP contribution is -2.51. The van der Waals surface area contributed by atoms with Crippen molar-refractivity contribution in [3.8, 4) is 11.5 Å². The van der Waals surface area contributed by atoms with Crippen LogP contribution in [0.25, 0.3) is 0 Å². The second-order valence-corrected chi connectivity index (χ2v) is 13.1. The van der Waals surface area contributed by atoms with Gasteiger partial charge in [-0.15, -0.1) is 0 Å². The Bertz CT molecular complexity index is 1400. The number of unbranched alkanes of at least 4 members (excludes halogenated alkanes) is 5. The molecule has 0 aliphatic carbocycles. The highest BCUT2D eigenvalue weighted by Gasteiger charge is 2.30. The Kier molecular flexibility index (Phi) is 17.9. The molecule has 2 aliphatic rings. The predicted molar refractivity (Wildman–Crippen MR) is 193 cm³/mol. The van der Waals surface area contributed by atoms with Gasteiger partial charge in [-0.1, -0.05) is 25.0 Å². The second kappa shape index (κ2) is 22.9. The van der Waals surface area contributed by atoms with E-state index < -0.39 is 6.04 Å². The highest BCUT2D eigenvalue weighted by molar-refractivity contribution is 6.00. The number of likely N-dealkylation sites (N-methyl/N-ethyl adjacent to an activating group) is 1. The van der Waals surface area contributed by atoms with E-state index in [1.807, 2.05) is 12.1 Å². The van der Waals surface area contributed by atoms with Crippen LogP contribution in [0.1, 0.15) is 92.1 Å². The summed E-state index contributed by atoms with van der Waals surface area (Å²) in [4.78, 5) is 50.1. The van der Waals surface area contributed by atoms with E-state index in [-0.39, 0.29) is 30.7 Å². The topological polar surface area (TPSA) is 142 Å². The maximum absolute atomic E-state index is 12.7. The van der Waals surface area contributed by atoms with Crippen molar-refractivity contribution in [2.75, 3.05) is 65.2 Å². The van der Waals surface area contributed by atoms with E-state index in [1.54, 1.807) is 30.1 Å². The van der Waals surface area contributed by atoms with E-state index in [0.29, 0.717) is 69.1 Å². The first-order valence-electron chi connectivity index (χ1n) is 18.5. The van der Waals surface area contributed by atoms with Crippen LogP contribution in [0.2, 0.25) is 0 Å². The Morgan fingerprint density at radius 3 is 2.33 bits per heavy atom. The first-order valence-corrected chi connectivity index (χ1v) is 18.5. The van der Waals surface area contributed by atoms with Crippen molar-refractivity contribution in [1.82, 2.24) is 10.2 Å². The van der Waals surface area contributed by atoms with Crippen LogP contribution in [0.4, 0.5) is 5.69 Å². The molecule has 280 valence electrons. The summed E-state index contributed by atoms with van der Waals surface area (Å²) in [7, 11) is 1.77. The molecule has 0 radical (unpaired) electrons. The van der Waals surface area contributed by atoms with Gasteiger partial charge in [0, 0.05) is 49.4 Å². The van der Waals surface area contributed by atoms with Gasteiger partial charge in [-0.25, -0.2) is 0 Å². The second-order valence-electron chi connectivity index (χ2n) is 13.1. The minimum Gasteiger partial charge on any atom is -0.494 e. The summed E-state index contributed by atoms with van der Waals surface area (Å²) in [5, 5.41) is 5.30. The van der Waals surface area contributed by atoms with Crippen LogP contribution in [0.15, 0.2) is 36.4 Å². The molecule has 0 saturated carbocycles. The zero-order valence-electron chi connectivity index (χ0n) is 30.1. The van der Waals surface area contributed by atoms with Crippen LogP contribution in [0, 0.1) is 0 Å². The van der Waals surface area contributed by atoms with Crippen molar-refractivity contribution in [1.29, 1.82) is 0 Å². The third-order valence-corrected chi connectivity index (χ3v) is 9.03. The highest BCUT2D eigenvalue weighted by atomic mass is 16.5. The number of hydrogen-bond acceptors (Lipinski definition) is 10. The number of ether oxygens (including phenoxy) is 5. The van der Waals surface area contributed by atoms with Crippen molar-refractivity contribution < 1.29 is 42.9 Å². The van der Waals surface area contributed by atoms with Gasteiger partial charge in [0.2, 0.25) is 17.7 Å². The number of hydrogen-bond donors (Lipinski definition) is 2. The number of benzene rings is 2. The molecular formula is C39H55N3O9. The molecule has 2 aliphatic heterocycles. The fourth-order valence-electron chi connectivity index (χ4n) is 6.17. The number of fused-ring (bicyclic) bond motifs is 1. The van der Waals surface area contributed by atoms with Gasteiger partial charge >= 0.3 is 0 Å². The van der Waals surface area contributed by atoms with Crippen LogP contribution >= 0.6 is 0 Å². The molecule has 0 spiro atoms. The van der Waals surface area contributed by atoms with Gasteiger partial charge < -0.3 is 29.0 Å². The minimum atomic E-state index is -0.487. The number of aryl methyl sites for hydroxylation is 1. The fourth-order valence-corrected chi connectivity index (χ4v) is 6.17. The normalized spacial score (nSPS) is 15.6. The molecule has 2 heterocycles. The zero-order valence-corrected chi connectivity index (χ0v) is 30.1. The van der Waals surface area contributed by atoms with E-state index in [1.165, 1.54) is 5.56 Å². The van der Waals surface area contributed by atoms with Crippen molar-refractivity contribution in [2.24, 2.45) is 0 Å². The van der Waals surface area contributed by atoms with Gasteiger partial charge in [-0.3, -0.25) is 29.4 Å². The standard InChI is InChI=1S/C39H55N3O9/c1-42(35-16-18-38(45)41-39(35)46)28-33-31(29-43)11-9-13-34(33)40-37(44)14-5-4-7-20-48-24-26-49-25-23-47-19-6-2-3-8-21-50-32-15-17-36-30(27-32)12-10-22-51-36/h9,11,13,15,17,27,29,35H,2-8,10,12,14,16,18-26,28H2,1H3,(H,40,44)(H,41,45,46). The SMILES string of the molecule is CN(Cc1c(C=O)cccc1NC(=O)CCCCCOCCOCCOCCCCCCOc1ccc2c(c1)CCCO2)C1CCC(=O)NC1=O. The average Bonchev–Trinajstić information content (AvgIpc) is 3.13. The molecule has 1 saturated heterocycles. The molecule has 1 fully saturated rings. The minimum absolute atomic E-state index is 0.137. The molecule has 2 N–H and O–H groups in total. The molecular weight excluding hydrogens is 654 g/mol. The number of amides is 3. The fraction of sp³-hybridized carbons (Fsp3) is 0.590. The number of anilines is 1. The number of carbonyl (C=O) groups excluding carboxylic acids is 4. The van der Waals surface area contributed by atoms with E-state index in [0.717, 1.165) is 89.0 Å². The molecule has 12 heteroatoms. The van der Waals surface area contributed by atoms with E-state index in [2.05, 4.69) is 16.7 Å². The van der Waals surface area contributed by atoms with Gasteiger partial charge in [0.25, 0.3) is 0 Å². The molecule has 0 bridgehead atoms. The Balaban J connectivity index is 0.938. The van der Waals surface area contributed by atoms with Gasteiger partial charge in [-0.2, -0.15) is 0 Å². The quantitative estimate of drug-likeness (QED) is 0.0798. The Morgan fingerprint density at radius 2 is 1.61 bits per heavy atom. The molecule has 2 aromatic carbocycles. The highest BCUT2D eigenvalue weighted by Crippen LogP contribution is 2.29. The summed E-state index contributed by atoms with van der Waals surface area (Å²) in [5.74, 6) is 1.15. The third kappa shape index (κ3) is 14.4. The maximum Gasteiger partial charge on any atom is 0.243 e. The summed E-state index contributed by atoms with van der Waals surface area (Å²) in [6, 6.07) is 10.8. The lowest BCUT2D eigenvalue weighted by Gasteiger charge is -2.30. The summed E-state index contributed by atoms with van der Waals surface area (Å²) < 4.78 is 28.5. The number of imide groups is 1. The summed E-state index contributed by atoms with van der Waals surface area (Å²) in [6.07, 6.45) is 10.6. The number of rotatable bonds is 25. The van der Waals surface area contributed by atoms with Crippen molar-refractivity contribution >= 4 is 29.7 Å². The third-order valence-electron chi connectivity index (χ3n) is 9.03. The molecule has 0 aromatic heterocycles. The van der Waals surface area contributed by atoms with Crippen molar-refractivity contribution in [3.05, 3.63) is 53.1 Å². The monoisotopic (exact) mass is 709 g/mol. The molecule has 2 aromatic rings. The first kappa shape index (κ1) is 39.9. The number of piperidine rings is 1. The average molecular weight is 710 g/mol. The number of nitrogens with one attached hydrogen (secondary N) is 2. The van der Waals surface area contributed by atoms with Gasteiger partial charge in [-0.05, 0) is 88.2 Å². The van der Waals surface area contributed by atoms with Crippen LogP contribution in [-0.2, 0) is 41.6 Å². The van der Waals surface area contributed by atoms with Gasteiger partial charge in [0.15, 0.2) is 0 Å². The molecule has 12 nitrogen and oxygen atoms in total. The number of aldehydes is 1.